The number of hydrogen-bond donors (Lipinski definition) is 1. The Bertz CT molecular complexity index is 1070. The predicted octanol–water partition coefficient (Wildman–Crippen LogP) is 1.33. The number of anilines is 1. The van der Waals surface area contributed by atoms with Crippen LogP contribution in [0.1, 0.15) is 0 Å². The lowest BCUT2D eigenvalue weighted by Gasteiger charge is -2.29. The number of hydrogen-bond acceptors (Lipinski definition) is 10. The summed E-state index contributed by atoms with van der Waals surface area (Å²) in [6.07, 6.45) is 1.10. The van der Waals surface area contributed by atoms with Crippen molar-refractivity contribution in [2.45, 2.75) is 4.90 Å². The molecule has 1 aromatic carbocycles. The van der Waals surface area contributed by atoms with Gasteiger partial charge in [-0.3, -0.25) is 25.1 Å². The van der Waals surface area contributed by atoms with E-state index in [0.29, 0.717) is 38.7 Å². The Morgan fingerprint density at radius 1 is 1.06 bits per heavy atom. The molecular weight excluding hydrogens is 456 g/mol. The fourth-order valence-corrected chi connectivity index (χ4v) is 4.89. The Kier molecular flexibility index (Phi) is 8.21. The number of rotatable bonds is 11. The Morgan fingerprint density at radius 2 is 1.79 bits per heavy atom. The minimum absolute atomic E-state index is 0.0113. The molecule has 0 spiro atoms. The Balaban J connectivity index is 1.75. The second-order valence-electron chi connectivity index (χ2n) is 7.17. The number of benzene rings is 1. The third-order valence-corrected chi connectivity index (χ3v) is 7.02. The van der Waals surface area contributed by atoms with Crippen molar-refractivity contribution in [1.29, 1.82) is 0 Å². The van der Waals surface area contributed by atoms with Crippen LogP contribution >= 0.6 is 0 Å². The van der Waals surface area contributed by atoms with E-state index >= 15 is 0 Å². The number of nitro benzene ring substituents is 1. The highest BCUT2D eigenvalue weighted by atomic mass is 32.2. The molecule has 0 atom stereocenters. The summed E-state index contributed by atoms with van der Waals surface area (Å²) in [4.78, 5) is 26.5. The quantitative estimate of drug-likeness (QED) is 0.367. The van der Waals surface area contributed by atoms with Gasteiger partial charge in [0.1, 0.15) is 12.0 Å². The zero-order valence-corrected chi connectivity index (χ0v) is 18.5. The second kappa shape index (κ2) is 11.1. The number of aromatic nitrogens is 1. The maximum atomic E-state index is 13.4. The van der Waals surface area contributed by atoms with Crippen molar-refractivity contribution in [1.82, 2.24) is 14.2 Å². The largest absolute Gasteiger partial charge is 0.379 e. The molecule has 0 radical (unpaired) electrons. The number of nitro groups is 2. The number of para-hydroxylation sites is 1. The van der Waals surface area contributed by atoms with Crippen LogP contribution in [0, 0.1) is 20.2 Å². The average Bonchev–Trinajstić information content (AvgIpc) is 2.82. The van der Waals surface area contributed by atoms with E-state index in [2.05, 4.69) is 15.2 Å². The molecule has 1 aliphatic rings. The van der Waals surface area contributed by atoms with E-state index in [9.17, 15) is 28.6 Å². The number of nitrogens with one attached hydrogen (secondary N) is 1. The van der Waals surface area contributed by atoms with Crippen molar-refractivity contribution in [2.24, 2.45) is 0 Å². The summed E-state index contributed by atoms with van der Waals surface area (Å²) in [5, 5.41) is 25.1. The van der Waals surface area contributed by atoms with E-state index in [1.54, 1.807) is 0 Å². The topological polar surface area (TPSA) is 161 Å². The molecule has 3 rings (SSSR count). The first-order valence-corrected chi connectivity index (χ1v) is 11.6. The number of morpholine rings is 1. The van der Waals surface area contributed by atoms with Crippen molar-refractivity contribution < 1.29 is 23.0 Å². The van der Waals surface area contributed by atoms with E-state index in [-0.39, 0.29) is 30.2 Å². The highest BCUT2D eigenvalue weighted by Crippen LogP contribution is 2.26. The van der Waals surface area contributed by atoms with Gasteiger partial charge in [0.2, 0.25) is 10.0 Å². The van der Waals surface area contributed by atoms with Gasteiger partial charge in [0.25, 0.3) is 11.4 Å². The molecular formula is C19H24N6O7S. The van der Waals surface area contributed by atoms with Gasteiger partial charge in [-0.15, -0.1) is 0 Å². The standard InChI is InChI=1S/C19H24N6O7S/c26-24(27)16-5-6-19(21-15-16)20-7-8-23(10-9-22-11-13-32-14-12-22)33(30,31)18-4-2-1-3-17(18)25(28)29/h1-6,15H,7-14H2,(H,20,21). The maximum absolute atomic E-state index is 13.4. The summed E-state index contributed by atoms with van der Waals surface area (Å²) < 4.78 is 33.2. The third kappa shape index (κ3) is 6.41. The normalized spacial score (nSPS) is 14.8. The molecule has 2 aromatic rings. The molecule has 1 saturated heterocycles. The minimum Gasteiger partial charge on any atom is -0.379 e. The summed E-state index contributed by atoms with van der Waals surface area (Å²) in [5.74, 6) is 0.344. The zero-order valence-electron chi connectivity index (χ0n) is 17.7. The van der Waals surface area contributed by atoms with E-state index in [4.69, 9.17) is 4.74 Å². The molecule has 14 heteroatoms. The van der Waals surface area contributed by atoms with Gasteiger partial charge in [-0.2, -0.15) is 4.31 Å². The summed E-state index contributed by atoms with van der Waals surface area (Å²) >= 11 is 0. The molecule has 33 heavy (non-hydrogen) atoms. The number of sulfonamides is 1. The molecule has 178 valence electrons. The fourth-order valence-electron chi connectivity index (χ4n) is 3.30. The summed E-state index contributed by atoms with van der Waals surface area (Å²) in [7, 11) is -4.17. The predicted molar refractivity (Wildman–Crippen MR) is 118 cm³/mol. The smallest absolute Gasteiger partial charge is 0.289 e. The molecule has 1 N–H and O–H groups in total. The van der Waals surface area contributed by atoms with Crippen LogP contribution in [0.4, 0.5) is 17.2 Å². The number of ether oxygens (including phenoxy) is 1. The van der Waals surface area contributed by atoms with Crippen molar-refractivity contribution in [2.75, 3.05) is 57.8 Å². The van der Waals surface area contributed by atoms with Crippen LogP contribution in [0.2, 0.25) is 0 Å². The van der Waals surface area contributed by atoms with E-state index in [1.807, 2.05) is 0 Å². The first-order chi connectivity index (χ1) is 15.8. The highest BCUT2D eigenvalue weighted by Gasteiger charge is 2.31. The van der Waals surface area contributed by atoms with E-state index < -0.39 is 25.6 Å². The lowest BCUT2D eigenvalue weighted by molar-refractivity contribution is -0.387. The van der Waals surface area contributed by atoms with Crippen LogP contribution in [-0.2, 0) is 14.8 Å². The molecule has 0 bridgehead atoms. The van der Waals surface area contributed by atoms with Gasteiger partial charge in [-0.25, -0.2) is 13.4 Å². The molecule has 0 saturated carbocycles. The van der Waals surface area contributed by atoms with Gasteiger partial charge in [0.05, 0.1) is 23.1 Å². The van der Waals surface area contributed by atoms with E-state index in [1.165, 1.54) is 34.6 Å². The monoisotopic (exact) mass is 480 g/mol. The third-order valence-electron chi connectivity index (χ3n) is 5.08. The van der Waals surface area contributed by atoms with Crippen LogP contribution < -0.4 is 5.32 Å². The lowest BCUT2D eigenvalue weighted by Crippen LogP contribution is -2.44. The van der Waals surface area contributed by atoms with Gasteiger partial charge in [-0.05, 0) is 12.1 Å². The average molecular weight is 481 g/mol. The second-order valence-corrected chi connectivity index (χ2v) is 9.07. The molecule has 2 heterocycles. The Labute approximate surface area is 190 Å². The number of nitrogens with zero attached hydrogens (tertiary/aromatic N) is 5. The van der Waals surface area contributed by atoms with Crippen LogP contribution in [-0.4, -0.2) is 84.9 Å². The zero-order chi connectivity index (χ0) is 23.8. The van der Waals surface area contributed by atoms with Gasteiger partial charge >= 0.3 is 0 Å². The van der Waals surface area contributed by atoms with Crippen molar-refractivity contribution in [3.8, 4) is 0 Å². The summed E-state index contributed by atoms with van der Waals surface area (Å²) in [5.41, 5.74) is -0.648. The molecule has 0 unspecified atom stereocenters. The van der Waals surface area contributed by atoms with Crippen molar-refractivity contribution in [3.05, 3.63) is 62.8 Å². The summed E-state index contributed by atoms with van der Waals surface area (Å²) in [6, 6.07) is 7.95. The summed E-state index contributed by atoms with van der Waals surface area (Å²) in [6.45, 7) is 3.19. The van der Waals surface area contributed by atoms with Gasteiger partial charge in [-0.1, -0.05) is 12.1 Å². The van der Waals surface area contributed by atoms with Gasteiger partial charge in [0.15, 0.2) is 4.90 Å². The fraction of sp³-hybridized carbons (Fsp3) is 0.421. The maximum Gasteiger partial charge on any atom is 0.289 e. The molecule has 1 fully saturated rings. The van der Waals surface area contributed by atoms with Crippen LogP contribution in [0.5, 0.6) is 0 Å². The lowest BCUT2D eigenvalue weighted by atomic mass is 10.3. The molecule has 0 aliphatic carbocycles. The minimum atomic E-state index is -4.17. The van der Waals surface area contributed by atoms with Crippen LogP contribution in [0.15, 0.2) is 47.5 Å². The number of pyridine rings is 1. The molecule has 1 aliphatic heterocycles. The highest BCUT2D eigenvalue weighted by molar-refractivity contribution is 7.89. The Hall–Kier alpha value is -3.20. The van der Waals surface area contributed by atoms with Crippen molar-refractivity contribution >= 4 is 27.2 Å². The van der Waals surface area contributed by atoms with Crippen LogP contribution in [0.25, 0.3) is 0 Å². The SMILES string of the molecule is O=[N+]([O-])c1ccc(NCCN(CCN2CCOCC2)S(=O)(=O)c2ccccc2[N+](=O)[O-])nc1. The molecule has 1 aromatic heterocycles. The van der Waals surface area contributed by atoms with Gasteiger partial charge in [0, 0.05) is 51.4 Å². The van der Waals surface area contributed by atoms with Crippen LogP contribution in [0.3, 0.4) is 0 Å². The molecule has 0 amide bonds. The van der Waals surface area contributed by atoms with E-state index in [0.717, 1.165) is 12.3 Å². The first-order valence-electron chi connectivity index (χ1n) is 10.2. The molecule has 13 nitrogen and oxygen atoms in total. The van der Waals surface area contributed by atoms with Crippen molar-refractivity contribution in [3.63, 3.8) is 0 Å². The van der Waals surface area contributed by atoms with Gasteiger partial charge < -0.3 is 10.1 Å². The Morgan fingerprint density at radius 3 is 2.42 bits per heavy atom. The first kappa shape index (κ1) is 24.4.